The third-order valence-corrected chi connectivity index (χ3v) is 9.88. The number of para-hydroxylation sites is 3. The van der Waals surface area contributed by atoms with Gasteiger partial charge in [-0.3, -0.25) is 9.55 Å². The number of nitrogens with zero attached hydrogens (tertiary/aromatic N) is 3. The van der Waals surface area contributed by atoms with Crippen molar-refractivity contribution in [3.63, 3.8) is 0 Å². The molecule has 5 nitrogen and oxygen atoms in total. The Balaban J connectivity index is 0.00000384. The van der Waals surface area contributed by atoms with Gasteiger partial charge < -0.3 is 9.52 Å². The zero-order valence-electron chi connectivity index (χ0n) is 28.8. The predicted octanol–water partition coefficient (Wildman–Crippen LogP) is 12.2. The number of fused-ring (bicyclic) bond motifs is 4. The number of hydrogen-bond donors (Lipinski definition) is 1. The van der Waals surface area contributed by atoms with Crippen LogP contribution >= 0.6 is 0 Å². The van der Waals surface area contributed by atoms with Crippen molar-refractivity contribution in [3.8, 4) is 67.5 Å². The Labute approximate surface area is 326 Å². The van der Waals surface area contributed by atoms with E-state index < -0.39 is 0 Å². The summed E-state index contributed by atoms with van der Waals surface area (Å²) in [5, 5.41) is 13.2. The summed E-state index contributed by atoms with van der Waals surface area (Å²) >= 11 is 0. The molecule has 0 aliphatic rings. The van der Waals surface area contributed by atoms with Crippen molar-refractivity contribution in [1.82, 2.24) is 14.5 Å². The Kier molecular flexibility index (Phi) is 8.49. The number of aromatic nitrogens is 3. The Morgan fingerprint density at radius 2 is 1.28 bits per heavy atom. The van der Waals surface area contributed by atoms with Gasteiger partial charge >= 0.3 is 0 Å². The Hall–Kier alpha value is -6.55. The number of rotatable bonds is 6. The van der Waals surface area contributed by atoms with Gasteiger partial charge in [0.15, 0.2) is 0 Å². The quantitative estimate of drug-likeness (QED) is 0.169. The molecule has 10 rings (SSSR count). The van der Waals surface area contributed by atoms with Crippen LogP contribution in [0.3, 0.4) is 0 Å². The van der Waals surface area contributed by atoms with Crippen LogP contribution in [0.1, 0.15) is 0 Å². The molecule has 3 heterocycles. The molecule has 3 aromatic heterocycles. The molecule has 260 valence electrons. The summed E-state index contributed by atoms with van der Waals surface area (Å²) in [7, 11) is 0. The van der Waals surface area contributed by atoms with E-state index in [2.05, 4.69) is 95.6 Å². The van der Waals surface area contributed by atoms with Crippen LogP contribution in [0.5, 0.6) is 5.75 Å². The molecular weight excluding hydrogens is 846 g/mol. The standard InChI is InChI=1S/C48H30N3O2.Pt/c52-44-24-10-8-19-38(44)48-50-46-36(20-13-23-43(46)51(48)42-22-9-7-18-35(42)32-16-5-2-6-17-32)34-28-39-37-26-25-33(31-14-3-1-4-15-31)30-45(37)53-47(39)40(29-34)41-21-11-12-27-49-41;/h1-28,30,52H;/q-1;. The van der Waals surface area contributed by atoms with Crippen LogP contribution < -0.4 is 0 Å². The second-order valence-corrected chi connectivity index (χ2v) is 13.0. The number of aromatic hydroxyl groups is 1. The van der Waals surface area contributed by atoms with E-state index in [4.69, 9.17) is 14.4 Å². The van der Waals surface area contributed by atoms with E-state index in [0.29, 0.717) is 11.4 Å². The zero-order valence-corrected chi connectivity index (χ0v) is 31.0. The van der Waals surface area contributed by atoms with Crippen molar-refractivity contribution in [2.45, 2.75) is 0 Å². The van der Waals surface area contributed by atoms with Gasteiger partial charge in [-0.25, -0.2) is 4.98 Å². The van der Waals surface area contributed by atoms with Gasteiger partial charge in [0.25, 0.3) is 0 Å². The minimum atomic E-state index is 0. The van der Waals surface area contributed by atoms with Crippen molar-refractivity contribution < 1.29 is 30.6 Å². The van der Waals surface area contributed by atoms with Crippen LogP contribution in [0.15, 0.2) is 180 Å². The summed E-state index contributed by atoms with van der Waals surface area (Å²) in [4.78, 5) is 10.1. The summed E-state index contributed by atoms with van der Waals surface area (Å²) in [5.74, 6) is 0.801. The summed E-state index contributed by atoms with van der Waals surface area (Å²) in [6.07, 6.45) is 1.79. The maximum absolute atomic E-state index is 11.2. The molecule has 7 aromatic carbocycles. The monoisotopic (exact) mass is 875 g/mol. The van der Waals surface area contributed by atoms with Crippen LogP contribution in [0.25, 0.3) is 94.7 Å². The first kappa shape index (κ1) is 33.3. The predicted molar refractivity (Wildman–Crippen MR) is 214 cm³/mol. The molecule has 0 aliphatic heterocycles. The number of pyridine rings is 1. The van der Waals surface area contributed by atoms with Gasteiger partial charge in [-0.05, 0) is 58.5 Å². The van der Waals surface area contributed by atoms with E-state index in [1.165, 1.54) is 0 Å². The Bertz CT molecular complexity index is 2950. The van der Waals surface area contributed by atoms with Gasteiger partial charge in [0.2, 0.25) is 0 Å². The average Bonchev–Trinajstić information content (AvgIpc) is 3.80. The second kappa shape index (κ2) is 13.8. The molecule has 0 radical (unpaired) electrons. The molecule has 0 saturated carbocycles. The first-order chi connectivity index (χ1) is 26.2. The van der Waals surface area contributed by atoms with E-state index >= 15 is 0 Å². The normalized spacial score (nSPS) is 11.3. The summed E-state index contributed by atoms with van der Waals surface area (Å²) in [6, 6.07) is 60.8. The molecule has 0 saturated heterocycles. The molecule has 10 aromatic rings. The van der Waals surface area contributed by atoms with E-state index in [-0.39, 0.29) is 26.8 Å². The van der Waals surface area contributed by atoms with Crippen molar-refractivity contribution in [1.29, 1.82) is 0 Å². The van der Waals surface area contributed by atoms with Crippen LogP contribution in [0.4, 0.5) is 0 Å². The fraction of sp³-hybridized carbons (Fsp3) is 0. The minimum Gasteiger partial charge on any atom is -0.507 e. The fourth-order valence-corrected chi connectivity index (χ4v) is 7.40. The summed E-state index contributed by atoms with van der Waals surface area (Å²) in [6.45, 7) is 0. The molecule has 1 N–H and O–H groups in total. The maximum atomic E-state index is 11.2. The Morgan fingerprint density at radius 3 is 2.06 bits per heavy atom. The van der Waals surface area contributed by atoms with Crippen molar-refractivity contribution >= 4 is 33.0 Å². The minimum absolute atomic E-state index is 0. The maximum Gasteiger partial charge on any atom is 0.148 e. The summed E-state index contributed by atoms with van der Waals surface area (Å²) < 4.78 is 8.83. The first-order valence-corrected chi connectivity index (χ1v) is 17.6. The van der Waals surface area contributed by atoms with E-state index in [0.717, 1.165) is 83.3 Å². The van der Waals surface area contributed by atoms with Gasteiger partial charge in [0.05, 0.1) is 27.9 Å². The molecule has 0 atom stereocenters. The average molecular weight is 876 g/mol. The van der Waals surface area contributed by atoms with Gasteiger partial charge in [-0.2, -0.15) is 0 Å². The van der Waals surface area contributed by atoms with Crippen LogP contribution in [0.2, 0.25) is 0 Å². The van der Waals surface area contributed by atoms with Crippen molar-refractivity contribution in [2.24, 2.45) is 0 Å². The first-order valence-electron chi connectivity index (χ1n) is 17.6. The smallest absolute Gasteiger partial charge is 0.148 e. The fourth-order valence-electron chi connectivity index (χ4n) is 7.40. The van der Waals surface area contributed by atoms with Gasteiger partial charge in [0.1, 0.15) is 17.2 Å². The third-order valence-electron chi connectivity index (χ3n) is 9.88. The van der Waals surface area contributed by atoms with Crippen molar-refractivity contribution in [2.75, 3.05) is 0 Å². The topological polar surface area (TPSA) is 64.1 Å². The van der Waals surface area contributed by atoms with E-state index in [1.54, 1.807) is 12.3 Å². The van der Waals surface area contributed by atoms with Crippen LogP contribution in [-0.4, -0.2) is 19.6 Å². The number of furan rings is 1. The molecule has 0 fully saturated rings. The summed E-state index contributed by atoms with van der Waals surface area (Å²) in [5.41, 5.74) is 12.5. The number of phenolic OH excluding ortho intramolecular Hbond substituents is 1. The largest absolute Gasteiger partial charge is 0.507 e. The van der Waals surface area contributed by atoms with Crippen LogP contribution in [-0.2, 0) is 21.1 Å². The zero-order chi connectivity index (χ0) is 35.3. The number of phenols is 1. The van der Waals surface area contributed by atoms with Gasteiger partial charge in [0, 0.05) is 43.9 Å². The third kappa shape index (κ3) is 5.62. The Morgan fingerprint density at radius 1 is 0.574 bits per heavy atom. The molecular formula is C48H30N3O2Pt-. The molecule has 0 aliphatic carbocycles. The number of benzene rings is 7. The number of imidazole rings is 1. The van der Waals surface area contributed by atoms with E-state index in [9.17, 15) is 5.11 Å². The molecule has 0 amide bonds. The molecule has 0 bridgehead atoms. The van der Waals surface area contributed by atoms with Crippen LogP contribution in [0, 0.1) is 6.07 Å². The number of hydrogen-bond acceptors (Lipinski definition) is 4. The van der Waals surface area contributed by atoms with Gasteiger partial charge in [-0.15, -0.1) is 17.7 Å². The molecule has 0 unspecified atom stereocenters. The SMILES string of the molecule is Oc1ccccc1-c1nc2c(-c3[c-]c(-c4ccccn4)c4oc5cc(-c6ccccc6)ccc5c4c3)cccc2n1-c1ccccc1-c1ccccc1.[Pt]. The second-order valence-electron chi connectivity index (χ2n) is 13.0. The van der Waals surface area contributed by atoms with Gasteiger partial charge in [-0.1, -0.05) is 139 Å². The molecule has 54 heavy (non-hydrogen) atoms. The molecule has 6 heteroatoms. The molecule has 0 spiro atoms. The van der Waals surface area contributed by atoms with Crippen molar-refractivity contribution in [3.05, 3.63) is 182 Å². The van der Waals surface area contributed by atoms with E-state index in [1.807, 2.05) is 78.9 Å².